The van der Waals surface area contributed by atoms with E-state index in [-0.39, 0.29) is 30.5 Å². The van der Waals surface area contributed by atoms with E-state index in [1.165, 1.54) is 6.07 Å². The Labute approximate surface area is 422 Å². The van der Waals surface area contributed by atoms with Crippen LogP contribution in [0.5, 0.6) is 28.7 Å². The van der Waals surface area contributed by atoms with Crippen LogP contribution in [0.1, 0.15) is 63.1 Å². The van der Waals surface area contributed by atoms with Gasteiger partial charge in [-0.05, 0) is 89.4 Å². The van der Waals surface area contributed by atoms with Crippen molar-refractivity contribution in [2.45, 2.75) is 84.5 Å². The summed E-state index contributed by atoms with van der Waals surface area (Å²) in [5.74, 6) is 3.69. The van der Waals surface area contributed by atoms with Gasteiger partial charge in [0.2, 0.25) is 5.91 Å². The summed E-state index contributed by atoms with van der Waals surface area (Å²) in [4.78, 5) is 46.4. The number of hydrogen-bond donors (Lipinski definition) is 4. The second kappa shape index (κ2) is 23.8. The Balaban J connectivity index is 0.000000200. The number of hydrogen-bond acceptors (Lipinski definition) is 15. The van der Waals surface area contributed by atoms with Gasteiger partial charge in [-0.3, -0.25) is 14.7 Å². The lowest BCUT2D eigenvalue weighted by Gasteiger charge is -2.24. The van der Waals surface area contributed by atoms with Gasteiger partial charge in [-0.15, -0.1) is 0 Å². The first-order valence-corrected chi connectivity index (χ1v) is 23.6. The zero-order chi connectivity index (χ0) is 52.1. The number of aryl methyl sites for hydroxylation is 2. The lowest BCUT2D eigenvalue weighted by atomic mass is 10.2. The molecule has 0 bridgehead atoms. The van der Waals surface area contributed by atoms with Crippen molar-refractivity contribution in [1.82, 2.24) is 39.7 Å². The Morgan fingerprint density at radius 1 is 0.740 bits per heavy atom. The number of methoxy groups -OCH3 is 1. The molecule has 0 radical (unpaired) electrons. The average molecular weight is 991 g/mol. The molecule has 9 rings (SSSR count). The number of aliphatic carboxylic acids is 1. The van der Waals surface area contributed by atoms with E-state index >= 15 is 0 Å². The number of carboxylic acids is 1. The molecular formula is C53H58N12O8. The molecule has 73 heavy (non-hydrogen) atoms. The van der Waals surface area contributed by atoms with Crippen LogP contribution in [0, 0.1) is 36.5 Å². The van der Waals surface area contributed by atoms with Crippen LogP contribution in [0.15, 0.2) is 97.3 Å². The maximum atomic E-state index is 12.6. The number of aromatic amines is 1. The molecule has 20 heteroatoms. The first kappa shape index (κ1) is 51.9. The van der Waals surface area contributed by atoms with Crippen LogP contribution in [0.4, 0.5) is 16.4 Å². The number of nitrogens with one attached hydrogen (secondary N) is 3. The normalized spacial score (nSPS) is 15.0. The molecule has 7 aromatic rings. The second-order valence-corrected chi connectivity index (χ2v) is 18.4. The number of benzene rings is 3. The van der Waals surface area contributed by atoms with Crippen LogP contribution in [-0.2, 0) is 20.9 Å². The zero-order valence-electron chi connectivity index (χ0n) is 41.6. The number of amides is 2. The molecule has 2 aliphatic rings. The van der Waals surface area contributed by atoms with Crippen molar-refractivity contribution in [1.29, 1.82) is 10.5 Å². The van der Waals surface area contributed by atoms with E-state index in [1.807, 2.05) is 124 Å². The summed E-state index contributed by atoms with van der Waals surface area (Å²) in [6.45, 7) is 12.5. The molecule has 0 spiro atoms. The number of H-pyrrole nitrogens is 1. The smallest absolute Gasteiger partial charge is 0.410 e. The van der Waals surface area contributed by atoms with Gasteiger partial charge in [0.25, 0.3) is 0 Å². The number of fused-ring (bicyclic) bond motifs is 2. The summed E-state index contributed by atoms with van der Waals surface area (Å²) in [5.41, 5.74) is 4.19. The van der Waals surface area contributed by atoms with Crippen molar-refractivity contribution in [3.8, 4) is 40.9 Å². The molecule has 2 saturated heterocycles. The molecule has 6 heterocycles. The van der Waals surface area contributed by atoms with Gasteiger partial charge < -0.3 is 44.5 Å². The number of carboxylic acid groups (broad SMARTS) is 1. The Morgan fingerprint density at radius 3 is 1.85 bits per heavy atom. The van der Waals surface area contributed by atoms with E-state index in [0.29, 0.717) is 67.2 Å². The lowest BCUT2D eigenvalue weighted by molar-refractivity contribution is -0.135. The molecule has 20 nitrogen and oxygen atoms in total. The Kier molecular flexibility index (Phi) is 16.9. The number of pyridine rings is 2. The summed E-state index contributed by atoms with van der Waals surface area (Å²) < 4.78 is 25.1. The molecule has 2 atom stereocenters. The highest BCUT2D eigenvalue weighted by Crippen LogP contribution is 2.36. The number of ether oxygens (including phenoxy) is 4. The van der Waals surface area contributed by atoms with Crippen LogP contribution in [-0.4, -0.2) is 114 Å². The summed E-state index contributed by atoms with van der Waals surface area (Å²) in [7, 11) is 1.65. The molecule has 2 aliphatic heterocycles. The third-order valence-electron chi connectivity index (χ3n) is 11.5. The third-order valence-corrected chi connectivity index (χ3v) is 11.5. The van der Waals surface area contributed by atoms with E-state index in [4.69, 9.17) is 39.7 Å². The number of carbonyl (C=O) groups is 3. The summed E-state index contributed by atoms with van der Waals surface area (Å²) in [5, 5.41) is 44.7. The van der Waals surface area contributed by atoms with Crippen molar-refractivity contribution < 1.29 is 38.4 Å². The predicted molar refractivity (Wildman–Crippen MR) is 273 cm³/mol. The fourth-order valence-electron chi connectivity index (χ4n) is 7.96. The molecule has 0 unspecified atom stereocenters. The summed E-state index contributed by atoms with van der Waals surface area (Å²) in [6, 6.07) is 30.8. The van der Waals surface area contributed by atoms with Crippen molar-refractivity contribution >= 4 is 51.7 Å². The Morgan fingerprint density at radius 2 is 1.29 bits per heavy atom. The number of anilines is 2. The first-order valence-electron chi connectivity index (χ1n) is 23.6. The molecule has 4 aromatic heterocycles. The van der Waals surface area contributed by atoms with E-state index in [1.54, 1.807) is 35.4 Å². The van der Waals surface area contributed by atoms with E-state index < -0.39 is 18.0 Å². The summed E-state index contributed by atoms with van der Waals surface area (Å²) in [6.07, 6.45) is 4.19. The fraction of sp³-hybridized carbons (Fsp3) is 0.340. The van der Waals surface area contributed by atoms with Crippen LogP contribution >= 0.6 is 0 Å². The molecular weight excluding hydrogens is 933 g/mol. The van der Waals surface area contributed by atoms with Crippen molar-refractivity contribution in [2.75, 3.05) is 43.9 Å². The van der Waals surface area contributed by atoms with Crippen LogP contribution in [0.3, 0.4) is 0 Å². The van der Waals surface area contributed by atoms with Gasteiger partial charge in [0, 0.05) is 62.8 Å². The summed E-state index contributed by atoms with van der Waals surface area (Å²) >= 11 is 0. The second-order valence-electron chi connectivity index (χ2n) is 18.4. The van der Waals surface area contributed by atoms with Crippen molar-refractivity contribution in [3.05, 3.63) is 114 Å². The minimum Gasteiger partial charge on any atom is -0.497 e. The van der Waals surface area contributed by atoms with Gasteiger partial charge in [-0.25, -0.2) is 19.4 Å². The lowest BCUT2D eigenvalue weighted by Crippen LogP contribution is -2.36. The van der Waals surface area contributed by atoms with Gasteiger partial charge in [-0.1, -0.05) is 47.5 Å². The first-order chi connectivity index (χ1) is 35.1. The highest BCUT2D eigenvalue weighted by atomic mass is 16.6. The monoisotopic (exact) mass is 990 g/mol. The fourth-order valence-corrected chi connectivity index (χ4v) is 7.96. The van der Waals surface area contributed by atoms with Crippen LogP contribution in [0.25, 0.3) is 22.1 Å². The minimum atomic E-state index is -1.07. The average Bonchev–Trinajstić information content (AvgIpc) is 4.19. The zero-order valence-corrected chi connectivity index (χ0v) is 41.6. The Bertz CT molecular complexity index is 3100. The van der Waals surface area contributed by atoms with Crippen LogP contribution in [0.2, 0.25) is 0 Å². The van der Waals surface area contributed by atoms with Gasteiger partial charge in [0.1, 0.15) is 58.0 Å². The highest BCUT2D eigenvalue weighted by Gasteiger charge is 2.32. The van der Waals surface area contributed by atoms with E-state index in [0.717, 1.165) is 57.6 Å². The molecule has 2 fully saturated rings. The topological polar surface area (TPSA) is 259 Å². The number of nitrogens with zero attached hydrogens (tertiary/aromatic N) is 9. The number of aromatic nitrogens is 6. The molecule has 0 saturated carbocycles. The van der Waals surface area contributed by atoms with E-state index in [9.17, 15) is 14.4 Å². The predicted octanol–water partition coefficient (Wildman–Crippen LogP) is 8.98. The maximum Gasteiger partial charge on any atom is 0.410 e. The number of likely N-dealkylation sites (tertiary alicyclic amines) is 2. The highest BCUT2D eigenvalue weighted by molar-refractivity contribution is 5.94. The molecule has 378 valence electrons. The van der Waals surface area contributed by atoms with E-state index in [2.05, 4.69) is 30.8 Å². The van der Waals surface area contributed by atoms with Gasteiger partial charge in [0.05, 0.1) is 25.8 Å². The largest absolute Gasteiger partial charge is 0.497 e. The number of rotatable bonds is 13. The maximum absolute atomic E-state index is 12.6. The number of carbonyl (C=O) groups excluding carboxylic acids is 2. The SMILES string of the molecule is COc1ccc(Cn2nc(N[C@@H]3CCN(C(=O)OC(C)(C)C)C3)c3c(Oc4ccc(C)cc4)ccnc32)cc1.Cc1ccc(Oc2ccnc3[nH]nc(N[C@@H]4CCN(C(=O)CC#N)C4)c23)cc1.N#CCC(=O)O. The van der Waals surface area contributed by atoms with Crippen LogP contribution < -0.4 is 24.8 Å². The molecule has 0 aliphatic carbocycles. The van der Waals surface area contributed by atoms with Gasteiger partial charge in [-0.2, -0.15) is 20.7 Å². The Hall–Kier alpha value is -8.91. The van der Waals surface area contributed by atoms with Crippen molar-refractivity contribution in [2.24, 2.45) is 0 Å². The standard InChI is InChI=1S/C30H35N5O4.C20H20N6O2.C3H3NO2/c1-20-6-10-24(11-7-20)38-25-14-16-31-28-26(25)27(33-35(28)18-21-8-12-23(37-5)13-9-21)32-22-15-17-34(19-22)29(36)39-30(2,3)4;1-13-2-4-15(5-3-13)28-16-7-10-22-19-18(16)20(25-24-19)23-14-8-11-26(12-14)17(27)6-9-21;4-2-1-3(5)6/h6-14,16,22H,15,17-19H2,1-5H3,(H,32,33);2-5,7,10,14H,6,8,11-12H2,1H3,(H2,22,23,24,25);1H2,(H,5,6)/t22-;14-;/m11./s1. The minimum absolute atomic E-state index is 0.0116. The molecule has 4 N–H and O–H groups in total. The van der Waals surface area contributed by atoms with Crippen molar-refractivity contribution in [3.63, 3.8) is 0 Å². The van der Waals surface area contributed by atoms with Gasteiger partial charge in [0.15, 0.2) is 22.9 Å². The van der Waals surface area contributed by atoms with Gasteiger partial charge >= 0.3 is 12.1 Å². The molecule has 3 aromatic carbocycles. The number of nitriles is 2. The third kappa shape index (κ3) is 14.1. The quantitative estimate of drug-likeness (QED) is 0.0840. The molecule has 2 amide bonds.